The zero-order chi connectivity index (χ0) is 12.1. The van der Waals surface area contributed by atoms with Crippen molar-refractivity contribution in [2.45, 2.75) is 19.3 Å². The van der Waals surface area contributed by atoms with Crippen molar-refractivity contribution in [2.75, 3.05) is 14.2 Å². The summed E-state index contributed by atoms with van der Waals surface area (Å²) in [4.78, 5) is 10.5. The SMILES string of the molecule is COc1ccc(F)c(OC)c1C(C)CC=O. The lowest BCUT2D eigenvalue weighted by Crippen LogP contribution is -2.03. The Morgan fingerprint density at radius 2 is 2.06 bits per heavy atom. The summed E-state index contributed by atoms with van der Waals surface area (Å²) in [5.74, 6) is 0.0930. The van der Waals surface area contributed by atoms with Gasteiger partial charge in [0, 0.05) is 12.0 Å². The summed E-state index contributed by atoms with van der Waals surface area (Å²) in [7, 11) is 2.90. The smallest absolute Gasteiger partial charge is 0.165 e. The molecular formula is C12H15FO3. The van der Waals surface area contributed by atoms with E-state index in [9.17, 15) is 9.18 Å². The first-order chi connectivity index (χ1) is 7.65. The summed E-state index contributed by atoms with van der Waals surface area (Å²) in [5.41, 5.74) is 0.595. The fraction of sp³-hybridized carbons (Fsp3) is 0.417. The highest BCUT2D eigenvalue weighted by molar-refractivity contribution is 5.55. The molecule has 0 N–H and O–H groups in total. The van der Waals surface area contributed by atoms with E-state index in [0.29, 0.717) is 17.7 Å². The minimum absolute atomic E-state index is 0.141. The number of hydrogen-bond acceptors (Lipinski definition) is 3. The lowest BCUT2D eigenvalue weighted by Gasteiger charge is -2.17. The van der Waals surface area contributed by atoms with E-state index < -0.39 is 5.82 Å². The van der Waals surface area contributed by atoms with Crippen LogP contribution >= 0.6 is 0 Å². The maximum absolute atomic E-state index is 13.5. The average molecular weight is 226 g/mol. The van der Waals surface area contributed by atoms with Gasteiger partial charge in [-0.2, -0.15) is 0 Å². The molecule has 0 bridgehead atoms. The third-order valence-electron chi connectivity index (χ3n) is 2.47. The molecule has 1 unspecified atom stereocenters. The Labute approximate surface area is 94.2 Å². The highest BCUT2D eigenvalue weighted by Crippen LogP contribution is 2.38. The van der Waals surface area contributed by atoms with Crippen LogP contribution in [0.2, 0.25) is 0 Å². The van der Waals surface area contributed by atoms with E-state index in [2.05, 4.69) is 0 Å². The van der Waals surface area contributed by atoms with Gasteiger partial charge >= 0.3 is 0 Å². The minimum Gasteiger partial charge on any atom is -0.496 e. The molecule has 1 rings (SSSR count). The normalized spacial score (nSPS) is 12.0. The van der Waals surface area contributed by atoms with Crippen LogP contribution in [0.3, 0.4) is 0 Å². The number of hydrogen-bond donors (Lipinski definition) is 0. The number of aldehydes is 1. The van der Waals surface area contributed by atoms with Crippen LogP contribution in [0.25, 0.3) is 0 Å². The van der Waals surface area contributed by atoms with Crippen molar-refractivity contribution < 1.29 is 18.7 Å². The van der Waals surface area contributed by atoms with Crippen LogP contribution in [0.1, 0.15) is 24.8 Å². The van der Waals surface area contributed by atoms with Crippen LogP contribution in [0, 0.1) is 5.82 Å². The van der Waals surface area contributed by atoms with Crippen LogP contribution in [0.5, 0.6) is 11.5 Å². The molecule has 3 nitrogen and oxygen atoms in total. The summed E-state index contributed by atoms with van der Waals surface area (Å²) in [5, 5.41) is 0. The van der Waals surface area contributed by atoms with Gasteiger partial charge in [-0.15, -0.1) is 0 Å². The summed E-state index contributed by atoms with van der Waals surface area (Å²) in [6.45, 7) is 1.83. The first-order valence-electron chi connectivity index (χ1n) is 4.99. The summed E-state index contributed by atoms with van der Waals surface area (Å²) in [6.07, 6.45) is 1.10. The fourth-order valence-corrected chi connectivity index (χ4v) is 1.67. The summed E-state index contributed by atoms with van der Waals surface area (Å²) < 4.78 is 23.7. The van der Waals surface area contributed by atoms with E-state index in [1.165, 1.54) is 26.4 Å². The molecule has 0 aromatic heterocycles. The minimum atomic E-state index is -0.448. The molecule has 0 fully saturated rings. The van der Waals surface area contributed by atoms with Crippen molar-refractivity contribution in [1.82, 2.24) is 0 Å². The number of ether oxygens (including phenoxy) is 2. The van der Waals surface area contributed by atoms with Gasteiger partial charge in [-0.1, -0.05) is 6.92 Å². The van der Waals surface area contributed by atoms with Gasteiger partial charge in [-0.05, 0) is 18.1 Å². The van der Waals surface area contributed by atoms with Gasteiger partial charge in [-0.25, -0.2) is 4.39 Å². The molecule has 0 radical (unpaired) electrons. The number of carbonyl (C=O) groups is 1. The molecule has 1 aromatic carbocycles. The Balaban J connectivity index is 3.29. The first kappa shape index (κ1) is 12.5. The molecule has 88 valence electrons. The maximum Gasteiger partial charge on any atom is 0.165 e. The van der Waals surface area contributed by atoms with E-state index in [1.54, 1.807) is 0 Å². The predicted octanol–water partition coefficient (Wildman–Crippen LogP) is 2.54. The number of halogens is 1. The van der Waals surface area contributed by atoms with E-state index in [0.717, 1.165) is 6.29 Å². The lowest BCUT2D eigenvalue weighted by molar-refractivity contribution is -0.108. The Morgan fingerprint density at radius 1 is 1.38 bits per heavy atom. The van der Waals surface area contributed by atoms with Crippen LogP contribution in [0.4, 0.5) is 4.39 Å². The largest absolute Gasteiger partial charge is 0.496 e. The van der Waals surface area contributed by atoms with Crippen molar-refractivity contribution in [3.8, 4) is 11.5 Å². The standard InChI is InChI=1S/C12H15FO3/c1-8(6-7-14)11-10(15-2)5-4-9(13)12(11)16-3/h4-5,7-8H,6H2,1-3H3. The summed E-state index contributed by atoms with van der Waals surface area (Å²) >= 11 is 0. The molecule has 0 aliphatic heterocycles. The first-order valence-corrected chi connectivity index (χ1v) is 4.99. The van der Waals surface area contributed by atoms with Crippen molar-refractivity contribution in [1.29, 1.82) is 0 Å². The Hall–Kier alpha value is -1.58. The molecule has 0 saturated heterocycles. The average Bonchev–Trinajstić information content (AvgIpc) is 2.28. The number of benzene rings is 1. The quantitative estimate of drug-likeness (QED) is 0.724. The van der Waals surface area contributed by atoms with Crippen molar-refractivity contribution in [3.05, 3.63) is 23.5 Å². The van der Waals surface area contributed by atoms with Gasteiger partial charge in [0.1, 0.15) is 12.0 Å². The molecule has 0 amide bonds. The van der Waals surface area contributed by atoms with Crippen LogP contribution in [0.15, 0.2) is 12.1 Å². The molecule has 4 heteroatoms. The van der Waals surface area contributed by atoms with Crippen molar-refractivity contribution in [2.24, 2.45) is 0 Å². The number of methoxy groups -OCH3 is 2. The third kappa shape index (κ3) is 2.32. The van der Waals surface area contributed by atoms with Gasteiger partial charge in [0.15, 0.2) is 11.6 Å². The maximum atomic E-state index is 13.5. The number of rotatable bonds is 5. The Bertz CT molecular complexity index is 377. The lowest BCUT2D eigenvalue weighted by atomic mass is 9.96. The van der Waals surface area contributed by atoms with Crippen molar-refractivity contribution >= 4 is 6.29 Å². The fourth-order valence-electron chi connectivity index (χ4n) is 1.67. The van der Waals surface area contributed by atoms with Gasteiger partial charge in [0.2, 0.25) is 0 Å². The Kier molecular flexibility index (Phi) is 4.28. The number of carbonyl (C=O) groups excluding carboxylic acids is 1. The second kappa shape index (κ2) is 5.49. The second-order valence-corrected chi connectivity index (χ2v) is 3.50. The van der Waals surface area contributed by atoms with E-state index in [1.807, 2.05) is 6.92 Å². The second-order valence-electron chi connectivity index (χ2n) is 3.50. The van der Waals surface area contributed by atoms with Crippen molar-refractivity contribution in [3.63, 3.8) is 0 Å². The molecular weight excluding hydrogens is 211 g/mol. The molecule has 0 aliphatic carbocycles. The monoisotopic (exact) mass is 226 g/mol. The molecule has 1 aromatic rings. The molecule has 0 aliphatic rings. The zero-order valence-corrected chi connectivity index (χ0v) is 9.62. The third-order valence-corrected chi connectivity index (χ3v) is 2.47. The van der Waals surface area contributed by atoms with Gasteiger partial charge in [-0.3, -0.25) is 0 Å². The zero-order valence-electron chi connectivity index (χ0n) is 9.62. The molecule has 1 atom stereocenters. The van der Waals surface area contributed by atoms with Crippen LogP contribution in [-0.4, -0.2) is 20.5 Å². The van der Waals surface area contributed by atoms with Gasteiger partial charge in [0.25, 0.3) is 0 Å². The van der Waals surface area contributed by atoms with E-state index in [-0.39, 0.29) is 11.7 Å². The van der Waals surface area contributed by atoms with Gasteiger partial charge in [0.05, 0.1) is 14.2 Å². The molecule has 0 heterocycles. The Morgan fingerprint density at radius 3 is 2.56 bits per heavy atom. The van der Waals surface area contributed by atoms with E-state index in [4.69, 9.17) is 9.47 Å². The molecule has 16 heavy (non-hydrogen) atoms. The summed E-state index contributed by atoms with van der Waals surface area (Å²) in [6, 6.07) is 2.82. The highest BCUT2D eigenvalue weighted by atomic mass is 19.1. The predicted molar refractivity (Wildman–Crippen MR) is 58.6 cm³/mol. The van der Waals surface area contributed by atoms with Crippen LogP contribution in [-0.2, 0) is 4.79 Å². The molecule has 0 spiro atoms. The highest BCUT2D eigenvalue weighted by Gasteiger charge is 2.20. The van der Waals surface area contributed by atoms with Gasteiger partial charge < -0.3 is 14.3 Å². The van der Waals surface area contributed by atoms with Crippen LogP contribution < -0.4 is 9.47 Å². The molecule has 0 saturated carbocycles. The topological polar surface area (TPSA) is 35.5 Å². The van der Waals surface area contributed by atoms with E-state index >= 15 is 0 Å².